The van der Waals surface area contributed by atoms with Gasteiger partial charge in [0.05, 0.1) is 30.5 Å². The van der Waals surface area contributed by atoms with Crippen molar-refractivity contribution in [1.29, 1.82) is 5.26 Å². The van der Waals surface area contributed by atoms with Gasteiger partial charge in [-0.3, -0.25) is 0 Å². The van der Waals surface area contributed by atoms with E-state index in [1.807, 2.05) is 6.92 Å². The minimum Gasteiger partial charge on any atom is -0.487 e. The molecule has 1 aliphatic heterocycles. The van der Waals surface area contributed by atoms with Gasteiger partial charge in [-0.15, -0.1) is 0 Å². The topological polar surface area (TPSA) is 123 Å². The maximum Gasteiger partial charge on any atom is 0.321 e. The van der Waals surface area contributed by atoms with Gasteiger partial charge in [0.25, 0.3) is 0 Å². The van der Waals surface area contributed by atoms with E-state index in [1.165, 1.54) is 33.5 Å². The zero-order valence-electron chi connectivity index (χ0n) is 22.4. The second-order valence-electron chi connectivity index (χ2n) is 9.88. The summed E-state index contributed by atoms with van der Waals surface area (Å²) in [5.41, 5.74) is 1.84. The molecule has 0 saturated heterocycles. The highest BCUT2D eigenvalue weighted by Crippen LogP contribution is 2.36. The van der Waals surface area contributed by atoms with E-state index >= 15 is 0 Å². The fourth-order valence-corrected chi connectivity index (χ4v) is 6.34. The fraction of sp³-hybridized carbons (Fsp3) is 0.310. The molecule has 9 nitrogen and oxygen atoms in total. The van der Waals surface area contributed by atoms with E-state index in [1.54, 1.807) is 56.4 Å². The molecule has 0 aromatic heterocycles. The van der Waals surface area contributed by atoms with Crippen molar-refractivity contribution in [2.75, 3.05) is 32.1 Å². The van der Waals surface area contributed by atoms with Crippen LogP contribution in [-0.4, -0.2) is 67.7 Å². The first-order valence-electron chi connectivity index (χ1n) is 12.8. The van der Waals surface area contributed by atoms with Gasteiger partial charge >= 0.3 is 6.03 Å². The summed E-state index contributed by atoms with van der Waals surface area (Å²) >= 11 is 0. The average Bonchev–Trinajstić information content (AvgIpc) is 2.95. The molecule has 210 valence electrons. The lowest BCUT2D eigenvalue weighted by Crippen LogP contribution is -2.50. The van der Waals surface area contributed by atoms with Crippen LogP contribution in [-0.2, 0) is 10.0 Å². The number of carbonyl (C=O) groups is 1. The number of likely N-dealkylation sites (N-methyl/N-ethyl adjacent to an activating group) is 1. The monoisotopic (exact) mass is 566 g/mol. The highest BCUT2D eigenvalue weighted by atomic mass is 32.2. The second kappa shape index (κ2) is 12.0. The van der Waals surface area contributed by atoms with Gasteiger partial charge in [-0.2, -0.15) is 9.57 Å². The molecular weight excluding hydrogens is 535 g/mol. The fourth-order valence-electron chi connectivity index (χ4n) is 4.52. The summed E-state index contributed by atoms with van der Waals surface area (Å²) in [6, 6.07) is 18.3. The minimum absolute atomic E-state index is 0.0367. The van der Waals surface area contributed by atoms with Crippen molar-refractivity contribution < 1.29 is 27.4 Å². The van der Waals surface area contributed by atoms with E-state index in [4.69, 9.17) is 4.74 Å². The summed E-state index contributed by atoms with van der Waals surface area (Å²) < 4.78 is 49.1. The van der Waals surface area contributed by atoms with E-state index < -0.39 is 39.9 Å². The number of urea groups is 1. The predicted molar refractivity (Wildman–Crippen MR) is 149 cm³/mol. The molecule has 0 aliphatic carbocycles. The zero-order chi connectivity index (χ0) is 29.0. The molecule has 0 bridgehead atoms. The van der Waals surface area contributed by atoms with Gasteiger partial charge in [0, 0.05) is 25.6 Å². The summed E-state index contributed by atoms with van der Waals surface area (Å²) in [5.74, 6) is -0.874. The molecule has 0 fully saturated rings. The smallest absolute Gasteiger partial charge is 0.321 e. The van der Waals surface area contributed by atoms with Crippen molar-refractivity contribution in [2.24, 2.45) is 5.92 Å². The first-order valence-corrected chi connectivity index (χ1v) is 14.2. The van der Waals surface area contributed by atoms with Gasteiger partial charge in [-0.05, 0) is 54.4 Å². The van der Waals surface area contributed by atoms with Crippen LogP contribution in [0.3, 0.4) is 0 Å². The van der Waals surface area contributed by atoms with Crippen molar-refractivity contribution >= 4 is 21.7 Å². The number of nitrogens with one attached hydrogen (secondary N) is 1. The lowest BCUT2D eigenvalue weighted by molar-refractivity contribution is 0.0830. The van der Waals surface area contributed by atoms with Gasteiger partial charge in [0.15, 0.2) is 0 Å². The highest BCUT2D eigenvalue weighted by molar-refractivity contribution is 7.89. The molecule has 4 rings (SSSR count). The van der Waals surface area contributed by atoms with Crippen LogP contribution in [0.1, 0.15) is 19.4 Å². The Morgan fingerprint density at radius 2 is 1.93 bits per heavy atom. The quantitative estimate of drug-likeness (QED) is 0.459. The first kappa shape index (κ1) is 29.0. The summed E-state index contributed by atoms with van der Waals surface area (Å²) in [6.07, 6.45) is -0.653. The number of amides is 2. The number of fused-ring (bicyclic) bond motifs is 1. The van der Waals surface area contributed by atoms with E-state index in [9.17, 15) is 28.0 Å². The zero-order valence-corrected chi connectivity index (χ0v) is 23.2. The summed E-state index contributed by atoms with van der Waals surface area (Å²) in [5, 5.41) is 21.7. The van der Waals surface area contributed by atoms with E-state index in [-0.39, 0.29) is 36.0 Å². The number of hydrogen-bond acceptors (Lipinski definition) is 6. The standard InChI is InChI=1S/C29H31FN4O5S/c1-19-16-34(20(2)18-35)40(37,38)28-12-11-23(22-8-6-7-21(13-22)15-31)14-26(28)39-27(19)17-33(3)29(36)32-25-10-5-4-9-24(25)30/h4-14,19-20,27,35H,16-18H2,1-3H3,(H,32,36)/t19-,20-,27+/m0/s1. The van der Waals surface area contributed by atoms with Crippen molar-refractivity contribution in [1.82, 2.24) is 9.21 Å². The molecule has 3 aromatic carbocycles. The number of carbonyl (C=O) groups excluding carboxylic acids is 1. The van der Waals surface area contributed by atoms with E-state index in [2.05, 4.69) is 11.4 Å². The number of aliphatic hydroxyl groups is 1. The van der Waals surface area contributed by atoms with Crippen LogP contribution >= 0.6 is 0 Å². The van der Waals surface area contributed by atoms with Crippen LogP contribution in [0, 0.1) is 23.1 Å². The molecule has 11 heteroatoms. The molecule has 1 aliphatic rings. The minimum atomic E-state index is -4.05. The van der Waals surface area contributed by atoms with Gasteiger partial charge in [-0.25, -0.2) is 17.6 Å². The highest BCUT2D eigenvalue weighted by Gasteiger charge is 2.38. The van der Waals surface area contributed by atoms with Crippen molar-refractivity contribution in [3.8, 4) is 22.9 Å². The molecule has 3 atom stereocenters. The first-order chi connectivity index (χ1) is 19.0. The lowest BCUT2D eigenvalue weighted by atomic mass is 10.0. The number of halogens is 1. The van der Waals surface area contributed by atoms with Crippen LogP contribution in [0.25, 0.3) is 11.1 Å². The summed E-state index contributed by atoms with van der Waals surface area (Å²) in [6.45, 7) is 3.17. The number of nitrogens with zero attached hydrogens (tertiary/aromatic N) is 3. The molecule has 0 saturated carbocycles. The Kier molecular flexibility index (Phi) is 8.73. The number of aliphatic hydroxyl groups excluding tert-OH is 1. The Labute approximate surface area is 233 Å². The Balaban J connectivity index is 1.71. The Bertz CT molecular complexity index is 1540. The van der Waals surface area contributed by atoms with Gasteiger partial charge in [0.2, 0.25) is 10.0 Å². The van der Waals surface area contributed by atoms with Crippen LogP contribution in [0.2, 0.25) is 0 Å². The number of ether oxygens (including phenoxy) is 1. The molecule has 0 radical (unpaired) electrons. The number of sulfonamides is 1. The number of para-hydroxylation sites is 1. The maximum absolute atomic E-state index is 14.1. The Hall–Kier alpha value is -3.98. The number of hydrogen-bond donors (Lipinski definition) is 2. The molecule has 3 aromatic rings. The summed E-state index contributed by atoms with van der Waals surface area (Å²) in [4.78, 5) is 14.2. The number of anilines is 1. The van der Waals surface area contributed by atoms with Crippen molar-refractivity contribution in [2.45, 2.75) is 30.9 Å². The maximum atomic E-state index is 14.1. The Morgan fingerprint density at radius 1 is 1.20 bits per heavy atom. The normalized spacial score (nSPS) is 19.2. The third-order valence-electron chi connectivity index (χ3n) is 6.91. The van der Waals surface area contributed by atoms with E-state index in [0.29, 0.717) is 16.7 Å². The van der Waals surface area contributed by atoms with Crippen LogP contribution in [0.5, 0.6) is 5.75 Å². The van der Waals surface area contributed by atoms with Crippen LogP contribution < -0.4 is 10.1 Å². The molecule has 2 amide bonds. The van der Waals surface area contributed by atoms with Crippen molar-refractivity contribution in [3.05, 3.63) is 78.1 Å². The number of benzene rings is 3. The average molecular weight is 567 g/mol. The lowest BCUT2D eigenvalue weighted by Gasteiger charge is -2.37. The second-order valence-corrected chi connectivity index (χ2v) is 11.7. The summed E-state index contributed by atoms with van der Waals surface area (Å²) in [7, 11) is -2.51. The van der Waals surface area contributed by atoms with Gasteiger partial charge in [-0.1, -0.05) is 37.3 Å². The van der Waals surface area contributed by atoms with Gasteiger partial charge < -0.3 is 20.1 Å². The molecular formula is C29H31FN4O5S. The Morgan fingerprint density at radius 3 is 2.62 bits per heavy atom. The molecule has 0 unspecified atom stereocenters. The molecule has 40 heavy (non-hydrogen) atoms. The van der Waals surface area contributed by atoms with Crippen molar-refractivity contribution in [3.63, 3.8) is 0 Å². The SMILES string of the molecule is C[C@H]1CN([C@@H](C)CO)S(=O)(=O)c2ccc(-c3cccc(C#N)c3)cc2O[C@@H]1CN(C)C(=O)Nc1ccccc1F. The van der Waals surface area contributed by atoms with Gasteiger partial charge in [0.1, 0.15) is 22.6 Å². The molecule has 0 spiro atoms. The van der Waals surface area contributed by atoms with E-state index in [0.717, 1.165) is 0 Å². The van der Waals surface area contributed by atoms with Crippen LogP contribution in [0.15, 0.2) is 71.6 Å². The molecule has 1 heterocycles. The molecule has 2 N–H and O–H groups in total. The number of nitriles is 1. The number of rotatable bonds is 6. The largest absolute Gasteiger partial charge is 0.487 e. The third-order valence-corrected chi connectivity index (χ3v) is 8.93. The third kappa shape index (κ3) is 6.09. The van der Waals surface area contributed by atoms with Crippen LogP contribution in [0.4, 0.5) is 14.9 Å². The predicted octanol–water partition coefficient (Wildman–Crippen LogP) is 4.30.